The molecule has 0 amide bonds. The topological polar surface area (TPSA) is 89.3 Å². The monoisotopic (exact) mass is 268 g/mol. The molecule has 4 nitrogen and oxygen atoms in total. The highest BCUT2D eigenvalue weighted by atomic mass is 19.4. The third-order valence-electron chi connectivity index (χ3n) is 2.22. The number of hydrogen-bond acceptors (Lipinski definition) is 3. The molecule has 0 aliphatic heterocycles. The predicted molar refractivity (Wildman–Crippen MR) is 43.8 cm³/mol. The molecule has 2 atom stereocenters. The summed E-state index contributed by atoms with van der Waals surface area (Å²) in [5, 5.41) is 8.34. The Hall–Kier alpha value is -1.03. The van der Waals surface area contributed by atoms with Gasteiger partial charge in [-0.05, 0) is 13.0 Å². The molecule has 5 N–H and O–H groups in total. The lowest BCUT2D eigenvalue weighted by Crippen LogP contribution is -2.67. The summed E-state index contributed by atoms with van der Waals surface area (Å²) in [5.74, 6) is -6.08. The molecule has 0 spiro atoms. The highest BCUT2D eigenvalue weighted by Gasteiger charge is 2.68. The fourth-order valence-corrected chi connectivity index (χ4v) is 1.28. The highest BCUT2D eigenvalue weighted by Crippen LogP contribution is 2.44. The quantitative estimate of drug-likeness (QED) is 0.660. The van der Waals surface area contributed by atoms with Gasteiger partial charge < -0.3 is 16.6 Å². The van der Waals surface area contributed by atoms with E-state index >= 15 is 0 Å². The van der Waals surface area contributed by atoms with Crippen molar-refractivity contribution in [2.75, 3.05) is 6.54 Å². The van der Waals surface area contributed by atoms with E-state index in [1.165, 1.54) is 0 Å². The summed E-state index contributed by atoms with van der Waals surface area (Å²) in [6, 6.07) is 0. The molecule has 17 heavy (non-hydrogen) atoms. The fraction of sp³-hybridized carbons (Fsp3) is 0.857. The Kier molecular flexibility index (Phi) is 4.40. The van der Waals surface area contributed by atoms with E-state index < -0.39 is 42.7 Å². The van der Waals surface area contributed by atoms with Crippen LogP contribution in [-0.4, -0.2) is 35.5 Å². The van der Waals surface area contributed by atoms with Gasteiger partial charge in [-0.1, -0.05) is 0 Å². The van der Waals surface area contributed by atoms with Gasteiger partial charge in [0.1, 0.15) is 0 Å². The molecular formula is C7H10F6N2O2. The number of hydrogen-bond donors (Lipinski definition) is 3. The van der Waals surface area contributed by atoms with Gasteiger partial charge in [-0.25, -0.2) is 4.79 Å². The lowest BCUT2D eigenvalue weighted by Gasteiger charge is -2.36. The third kappa shape index (κ3) is 3.00. The largest absolute Gasteiger partial charge is 0.480 e. The average molecular weight is 268 g/mol. The molecule has 0 heterocycles. The summed E-state index contributed by atoms with van der Waals surface area (Å²) in [6.07, 6.45) is -12.4. The second-order valence-corrected chi connectivity index (χ2v) is 3.34. The number of aliphatic carboxylic acids is 1. The van der Waals surface area contributed by atoms with Crippen LogP contribution >= 0.6 is 0 Å². The minimum atomic E-state index is -5.74. The van der Waals surface area contributed by atoms with Gasteiger partial charge >= 0.3 is 18.3 Å². The molecular weight excluding hydrogens is 258 g/mol. The Morgan fingerprint density at radius 1 is 1.18 bits per heavy atom. The summed E-state index contributed by atoms with van der Waals surface area (Å²) in [4.78, 5) is 10.4. The van der Waals surface area contributed by atoms with E-state index in [1.54, 1.807) is 0 Å². The predicted octanol–water partition coefficient (Wildman–Crippen LogP) is 0.858. The zero-order valence-electron chi connectivity index (χ0n) is 8.27. The van der Waals surface area contributed by atoms with Crippen LogP contribution in [0.3, 0.4) is 0 Å². The van der Waals surface area contributed by atoms with E-state index in [2.05, 4.69) is 5.73 Å². The SMILES string of the molecule is NCCC(C(F)(F)F)C(N)(C(=O)O)C(F)(F)F. The first-order chi connectivity index (χ1) is 7.39. The number of carboxylic acid groups (broad SMARTS) is 1. The third-order valence-corrected chi connectivity index (χ3v) is 2.22. The van der Waals surface area contributed by atoms with Crippen molar-refractivity contribution in [2.45, 2.75) is 24.3 Å². The molecule has 0 aliphatic carbocycles. The van der Waals surface area contributed by atoms with Crippen molar-refractivity contribution < 1.29 is 36.2 Å². The van der Waals surface area contributed by atoms with Crippen LogP contribution in [0.25, 0.3) is 0 Å². The number of rotatable bonds is 4. The van der Waals surface area contributed by atoms with E-state index in [9.17, 15) is 31.1 Å². The van der Waals surface area contributed by atoms with Crippen LogP contribution in [0.15, 0.2) is 0 Å². The van der Waals surface area contributed by atoms with Gasteiger partial charge in [0.25, 0.3) is 0 Å². The molecule has 0 bridgehead atoms. The number of halogens is 6. The first-order valence-electron chi connectivity index (χ1n) is 4.24. The van der Waals surface area contributed by atoms with Crippen molar-refractivity contribution >= 4 is 5.97 Å². The zero-order valence-corrected chi connectivity index (χ0v) is 8.27. The van der Waals surface area contributed by atoms with Crippen molar-refractivity contribution in [2.24, 2.45) is 17.4 Å². The van der Waals surface area contributed by atoms with Crippen molar-refractivity contribution in [3.05, 3.63) is 0 Å². The molecule has 0 aliphatic rings. The first-order valence-corrected chi connectivity index (χ1v) is 4.24. The molecule has 0 radical (unpaired) electrons. The van der Waals surface area contributed by atoms with Crippen molar-refractivity contribution in [1.82, 2.24) is 0 Å². The Bertz CT molecular complexity index is 289. The summed E-state index contributed by atoms with van der Waals surface area (Å²) in [5.41, 5.74) is 4.79. The number of nitrogens with two attached hydrogens (primary N) is 2. The van der Waals surface area contributed by atoms with Gasteiger partial charge in [0.05, 0.1) is 5.92 Å². The molecule has 0 fully saturated rings. The van der Waals surface area contributed by atoms with Gasteiger partial charge in [-0.15, -0.1) is 0 Å². The van der Waals surface area contributed by atoms with Crippen LogP contribution in [0.1, 0.15) is 6.42 Å². The standard InChI is InChI=1S/C7H10F6N2O2/c8-6(9,10)3(1-2-14)5(15,4(16)17)7(11,12)13/h3H,1-2,14-15H2,(H,16,17). The molecule has 0 aromatic carbocycles. The minimum Gasteiger partial charge on any atom is -0.480 e. The van der Waals surface area contributed by atoms with Crippen molar-refractivity contribution in [1.29, 1.82) is 0 Å². The molecule has 0 rings (SSSR count). The van der Waals surface area contributed by atoms with Crippen LogP contribution in [0.4, 0.5) is 26.3 Å². The lowest BCUT2D eigenvalue weighted by molar-refractivity contribution is -0.263. The number of alkyl halides is 6. The van der Waals surface area contributed by atoms with Gasteiger partial charge in [-0.3, -0.25) is 0 Å². The molecule has 10 heteroatoms. The number of carboxylic acids is 1. The highest BCUT2D eigenvalue weighted by molar-refractivity contribution is 5.80. The first kappa shape index (κ1) is 16.0. The van der Waals surface area contributed by atoms with Crippen LogP contribution in [-0.2, 0) is 4.79 Å². The van der Waals surface area contributed by atoms with Gasteiger partial charge in [0, 0.05) is 0 Å². The number of carbonyl (C=O) groups is 1. The van der Waals surface area contributed by atoms with Gasteiger partial charge in [0.15, 0.2) is 0 Å². The maximum absolute atomic E-state index is 12.4. The van der Waals surface area contributed by atoms with Crippen LogP contribution in [0, 0.1) is 5.92 Å². The van der Waals surface area contributed by atoms with E-state index in [1.807, 2.05) is 0 Å². The normalized spacial score (nSPS) is 18.6. The van der Waals surface area contributed by atoms with Crippen LogP contribution < -0.4 is 11.5 Å². The Labute approximate surface area is 91.6 Å². The molecule has 0 aromatic rings. The zero-order chi connectivity index (χ0) is 14.1. The minimum absolute atomic E-state index is 0.771. The average Bonchev–Trinajstić information content (AvgIpc) is 2.08. The summed E-state index contributed by atoms with van der Waals surface area (Å²) in [6.45, 7) is -0.771. The van der Waals surface area contributed by atoms with E-state index in [0.29, 0.717) is 0 Å². The summed E-state index contributed by atoms with van der Waals surface area (Å²) in [7, 11) is 0. The molecule has 102 valence electrons. The maximum Gasteiger partial charge on any atom is 0.417 e. The molecule has 0 saturated carbocycles. The van der Waals surface area contributed by atoms with Gasteiger partial charge in [0.2, 0.25) is 5.54 Å². The van der Waals surface area contributed by atoms with E-state index in [-0.39, 0.29) is 0 Å². The Balaban J connectivity index is 5.64. The van der Waals surface area contributed by atoms with Crippen LogP contribution in [0.2, 0.25) is 0 Å². The smallest absolute Gasteiger partial charge is 0.417 e. The Morgan fingerprint density at radius 3 is 1.76 bits per heavy atom. The maximum atomic E-state index is 12.4. The second kappa shape index (κ2) is 4.69. The van der Waals surface area contributed by atoms with Crippen molar-refractivity contribution in [3.63, 3.8) is 0 Å². The summed E-state index contributed by atoms with van der Waals surface area (Å²) < 4.78 is 74.4. The van der Waals surface area contributed by atoms with E-state index in [4.69, 9.17) is 10.8 Å². The molecule has 0 aromatic heterocycles. The second-order valence-electron chi connectivity index (χ2n) is 3.34. The lowest BCUT2D eigenvalue weighted by atomic mass is 9.81. The van der Waals surface area contributed by atoms with Crippen LogP contribution in [0.5, 0.6) is 0 Å². The molecule has 2 unspecified atom stereocenters. The van der Waals surface area contributed by atoms with Gasteiger partial charge in [-0.2, -0.15) is 26.3 Å². The Morgan fingerprint density at radius 2 is 1.59 bits per heavy atom. The summed E-state index contributed by atoms with van der Waals surface area (Å²) >= 11 is 0. The fourth-order valence-electron chi connectivity index (χ4n) is 1.28. The van der Waals surface area contributed by atoms with Crippen molar-refractivity contribution in [3.8, 4) is 0 Å². The van der Waals surface area contributed by atoms with E-state index in [0.717, 1.165) is 0 Å². The molecule has 0 saturated heterocycles.